The monoisotopic (exact) mass is 505 g/mol. The highest BCUT2D eigenvalue weighted by atomic mass is 19.1. The first-order valence-electron chi connectivity index (χ1n) is 13.1. The number of carbonyl (C=O) groups is 1. The molecule has 8 nitrogen and oxygen atoms in total. The summed E-state index contributed by atoms with van der Waals surface area (Å²) in [6, 6.07) is 5.98. The first kappa shape index (κ1) is 22.9. The molecule has 2 aromatic heterocycles. The highest BCUT2D eigenvalue weighted by Crippen LogP contribution is 2.40. The zero-order chi connectivity index (χ0) is 25.6. The molecular formula is C28H28FN3O5. The summed E-state index contributed by atoms with van der Waals surface area (Å²) in [5.41, 5.74) is -0.185. The predicted molar refractivity (Wildman–Crippen MR) is 134 cm³/mol. The fraction of sp³-hybridized carbons (Fsp3) is 0.464. The Hall–Kier alpha value is -3.30. The molecule has 0 spiro atoms. The number of likely N-dealkylation sites (tertiary alicyclic amines) is 1. The first-order chi connectivity index (χ1) is 17.8. The van der Waals surface area contributed by atoms with E-state index in [0.29, 0.717) is 22.5 Å². The van der Waals surface area contributed by atoms with E-state index in [1.165, 1.54) is 29.5 Å². The van der Waals surface area contributed by atoms with Crippen molar-refractivity contribution in [2.45, 2.75) is 57.4 Å². The standard InChI is InChI=1S/C28H28FN3O5/c1-2-28(36)20-10-22-24-23(13-31(22)26(34)19(20)14-37-27(28)35)32(17-7-8-30(12-17)11-15-3-4-15)21-6-5-16(29)9-18(21)25(24)33/h5-6,9-10,15,17,36H,2-4,7-8,11-14H2,1H3/t17-,28+/m1/s1. The molecule has 4 aliphatic rings. The molecule has 1 saturated heterocycles. The molecule has 1 N–H and O–H groups in total. The second-order valence-corrected chi connectivity index (χ2v) is 10.9. The number of ether oxygens (including phenoxy) is 1. The molecule has 5 heterocycles. The molecule has 37 heavy (non-hydrogen) atoms. The Kier molecular flexibility index (Phi) is 4.85. The van der Waals surface area contributed by atoms with E-state index >= 15 is 0 Å². The average molecular weight is 506 g/mol. The lowest BCUT2D eigenvalue weighted by atomic mass is 9.85. The van der Waals surface area contributed by atoms with Crippen molar-refractivity contribution in [2.24, 2.45) is 5.92 Å². The molecule has 3 aliphatic heterocycles. The average Bonchev–Trinajstić information content (AvgIpc) is 3.44. The van der Waals surface area contributed by atoms with Crippen molar-refractivity contribution in [2.75, 3.05) is 19.6 Å². The van der Waals surface area contributed by atoms with Gasteiger partial charge in [-0.2, -0.15) is 0 Å². The number of carbonyl (C=O) groups excluding carboxylic acids is 1. The van der Waals surface area contributed by atoms with Crippen molar-refractivity contribution in [3.05, 3.63) is 67.5 Å². The maximum absolute atomic E-state index is 14.4. The van der Waals surface area contributed by atoms with Gasteiger partial charge in [-0.3, -0.25) is 9.59 Å². The number of esters is 1. The van der Waals surface area contributed by atoms with E-state index in [-0.39, 0.29) is 53.1 Å². The molecule has 192 valence electrons. The summed E-state index contributed by atoms with van der Waals surface area (Å²) in [5.74, 6) is -0.535. The van der Waals surface area contributed by atoms with Gasteiger partial charge in [0.1, 0.15) is 12.4 Å². The molecule has 0 radical (unpaired) electrons. The highest BCUT2D eigenvalue weighted by molar-refractivity contribution is 5.88. The molecule has 3 aromatic rings. The van der Waals surface area contributed by atoms with Gasteiger partial charge in [0, 0.05) is 36.6 Å². The lowest BCUT2D eigenvalue weighted by Gasteiger charge is -2.31. The van der Waals surface area contributed by atoms with Crippen LogP contribution in [0, 0.1) is 11.7 Å². The molecule has 7 rings (SSSR count). The predicted octanol–water partition coefficient (Wildman–Crippen LogP) is 2.64. The van der Waals surface area contributed by atoms with Gasteiger partial charge in [0.25, 0.3) is 5.56 Å². The summed E-state index contributed by atoms with van der Waals surface area (Å²) in [6.07, 6.45) is 3.47. The SMILES string of the molecule is CC[C@@]1(O)C(=O)OCc2c1cc1n(c2=O)Cc2c-1c(=O)c1cc(F)ccc1n2[C@@H]1CCN(CC2CC2)C1. The number of halogens is 1. The maximum atomic E-state index is 14.4. The van der Waals surface area contributed by atoms with Gasteiger partial charge in [-0.05, 0) is 55.9 Å². The number of rotatable bonds is 4. The lowest BCUT2D eigenvalue weighted by molar-refractivity contribution is -0.172. The number of hydrogen-bond donors (Lipinski definition) is 1. The van der Waals surface area contributed by atoms with E-state index in [1.54, 1.807) is 19.1 Å². The van der Waals surface area contributed by atoms with Gasteiger partial charge in [-0.1, -0.05) is 6.92 Å². The minimum atomic E-state index is -1.96. The first-order valence-corrected chi connectivity index (χ1v) is 13.1. The van der Waals surface area contributed by atoms with Gasteiger partial charge in [-0.15, -0.1) is 0 Å². The van der Waals surface area contributed by atoms with Crippen LogP contribution in [-0.2, 0) is 28.3 Å². The largest absolute Gasteiger partial charge is 0.458 e. The summed E-state index contributed by atoms with van der Waals surface area (Å²) in [6.45, 7) is 4.47. The Morgan fingerprint density at radius 3 is 2.73 bits per heavy atom. The Bertz CT molecular complexity index is 1620. The van der Waals surface area contributed by atoms with Crippen molar-refractivity contribution in [1.82, 2.24) is 14.0 Å². The van der Waals surface area contributed by atoms with Crippen LogP contribution in [0.5, 0.6) is 0 Å². The fourth-order valence-electron chi connectivity index (χ4n) is 6.54. The van der Waals surface area contributed by atoms with Crippen molar-refractivity contribution in [1.29, 1.82) is 0 Å². The van der Waals surface area contributed by atoms with Crippen LogP contribution in [0.15, 0.2) is 33.9 Å². The van der Waals surface area contributed by atoms with E-state index in [4.69, 9.17) is 4.74 Å². The Morgan fingerprint density at radius 1 is 1.16 bits per heavy atom. The van der Waals surface area contributed by atoms with Gasteiger partial charge in [0.15, 0.2) is 11.0 Å². The van der Waals surface area contributed by atoms with Gasteiger partial charge < -0.3 is 23.9 Å². The number of hydrogen-bond acceptors (Lipinski definition) is 6. The lowest BCUT2D eigenvalue weighted by Crippen LogP contribution is -2.44. The van der Waals surface area contributed by atoms with Crippen LogP contribution in [0.2, 0.25) is 0 Å². The Labute approximate surface area is 211 Å². The number of aliphatic hydroxyl groups is 1. The third kappa shape index (κ3) is 3.23. The normalized spacial score (nSPS) is 24.7. The van der Waals surface area contributed by atoms with Crippen LogP contribution in [-0.4, -0.2) is 44.7 Å². The van der Waals surface area contributed by atoms with Crippen molar-refractivity contribution >= 4 is 16.9 Å². The number of cyclic esters (lactones) is 1. The molecule has 1 saturated carbocycles. The molecule has 2 atom stereocenters. The smallest absolute Gasteiger partial charge is 0.343 e. The molecule has 1 aliphatic carbocycles. The summed E-state index contributed by atoms with van der Waals surface area (Å²) in [7, 11) is 0. The topological polar surface area (TPSA) is 93.8 Å². The summed E-state index contributed by atoms with van der Waals surface area (Å²) in [5, 5.41) is 11.4. The van der Waals surface area contributed by atoms with Crippen LogP contribution in [0.1, 0.15) is 55.5 Å². The minimum Gasteiger partial charge on any atom is -0.458 e. The summed E-state index contributed by atoms with van der Waals surface area (Å²) >= 11 is 0. The summed E-state index contributed by atoms with van der Waals surface area (Å²) in [4.78, 5) is 42.4. The van der Waals surface area contributed by atoms with E-state index in [0.717, 1.165) is 32.0 Å². The van der Waals surface area contributed by atoms with Crippen LogP contribution < -0.4 is 11.0 Å². The number of aromatic nitrogens is 2. The fourth-order valence-corrected chi connectivity index (χ4v) is 6.54. The third-order valence-electron chi connectivity index (χ3n) is 8.70. The Balaban J connectivity index is 1.46. The second kappa shape index (κ2) is 7.85. The number of fused-ring (bicyclic) bond motifs is 5. The molecular weight excluding hydrogens is 477 g/mol. The van der Waals surface area contributed by atoms with Gasteiger partial charge in [-0.25, -0.2) is 9.18 Å². The zero-order valence-corrected chi connectivity index (χ0v) is 20.6. The molecule has 0 bridgehead atoms. The van der Waals surface area contributed by atoms with E-state index in [9.17, 15) is 23.9 Å². The van der Waals surface area contributed by atoms with Crippen molar-refractivity contribution in [3.63, 3.8) is 0 Å². The molecule has 1 aromatic carbocycles. The molecule has 2 fully saturated rings. The molecule has 0 unspecified atom stereocenters. The Morgan fingerprint density at radius 2 is 1.97 bits per heavy atom. The van der Waals surface area contributed by atoms with Gasteiger partial charge in [0.05, 0.1) is 34.6 Å². The number of pyridine rings is 2. The highest BCUT2D eigenvalue weighted by Gasteiger charge is 2.46. The zero-order valence-electron chi connectivity index (χ0n) is 20.6. The number of nitrogens with zero attached hydrogens (tertiary/aromatic N) is 3. The quantitative estimate of drug-likeness (QED) is 0.429. The second-order valence-electron chi connectivity index (χ2n) is 10.9. The molecule has 0 amide bonds. The third-order valence-corrected chi connectivity index (χ3v) is 8.70. The van der Waals surface area contributed by atoms with Gasteiger partial charge in [0.2, 0.25) is 0 Å². The van der Waals surface area contributed by atoms with Crippen LogP contribution in [0.3, 0.4) is 0 Å². The number of benzene rings is 1. The minimum absolute atomic E-state index is 0.0284. The van der Waals surface area contributed by atoms with Gasteiger partial charge >= 0.3 is 5.97 Å². The van der Waals surface area contributed by atoms with E-state index in [2.05, 4.69) is 9.47 Å². The molecule has 9 heteroatoms. The van der Waals surface area contributed by atoms with E-state index in [1.807, 2.05) is 0 Å². The van der Waals surface area contributed by atoms with Crippen LogP contribution in [0.4, 0.5) is 4.39 Å². The van der Waals surface area contributed by atoms with Crippen LogP contribution >= 0.6 is 0 Å². The van der Waals surface area contributed by atoms with E-state index < -0.39 is 17.4 Å². The van der Waals surface area contributed by atoms with Crippen molar-refractivity contribution < 1.29 is 19.0 Å². The summed E-state index contributed by atoms with van der Waals surface area (Å²) < 4.78 is 23.2. The van der Waals surface area contributed by atoms with Crippen molar-refractivity contribution in [3.8, 4) is 11.3 Å². The van der Waals surface area contributed by atoms with Crippen LogP contribution in [0.25, 0.3) is 22.2 Å². The maximum Gasteiger partial charge on any atom is 0.343 e.